The van der Waals surface area contributed by atoms with Gasteiger partial charge in [-0.25, -0.2) is 0 Å². The van der Waals surface area contributed by atoms with Crippen molar-refractivity contribution in [3.05, 3.63) is 0 Å². The Labute approximate surface area is 119 Å². The van der Waals surface area contributed by atoms with Crippen molar-refractivity contribution in [2.45, 2.75) is 28.1 Å². The molecule has 0 fully saturated rings. The van der Waals surface area contributed by atoms with Crippen molar-refractivity contribution in [2.24, 2.45) is 0 Å². The monoisotopic (exact) mass is 307 g/mol. The number of aromatic nitrogens is 2. The summed E-state index contributed by atoms with van der Waals surface area (Å²) in [6.07, 6.45) is 2.70. The van der Waals surface area contributed by atoms with E-state index in [1.54, 1.807) is 34.9 Å². The zero-order valence-corrected chi connectivity index (χ0v) is 13.1. The number of ether oxygens (including phenoxy) is 1. The molecule has 1 aromatic rings. The predicted octanol–water partition coefficient (Wildman–Crippen LogP) is 1.89. The van der Waals surface area contributed by atoms with E-state index in [1.165, 1.54) is 7.11 Å². The number of thioether (sulfide) groups is 2. The second-order valence-electron chi connectivity index (χ2n) is 3.31. The molecule has 0 bridgehead atoms. The van der Waals surface area contributed by atoms with Crippen LogP contribution in [0.4, 0.5) is 0 Å². The van der Waals surface area contributed by atoms with Gasteiger partial charge in [0, 0.05) is 5.75 Å². The standard InChI is InChI=1S/C10H17N3O2S3/c1-4-11-7(8(14)15-2)5-6-17-10-13-12-9(16-3)18-10/h7,11H,4-6H2,1-3H3. The number of hydrogen-bond acceptors (Lipinski definition) is 8. The number of nitrogens with zero attached hydrogens (tertiary/aromatic N) is 2. The summed E-state index contributed by atoms with van der Waals surface area (Å²) in [6.45, 7) is 2.72. The topological polar surface area (TPSA) is 64.1 Å². The van der Waals surface area contributed by atoms with E-state index in [0.29, 0.717) is 0 Å². The van der Waals surface area contributed by atoms with Gasteiger partial charge in [-0.3, -0.25) is 4.79 Å². The fourth-order valence-electron chi connectivity index (χ4n) is 1.29. The predicted molar refractivity (Wildman–Crippen MR) is 76.5 cm³/mol. The molecule has 18 heavy (non-hydrogen) atoms. The third-order valence-electron chi connectivity index (χ3n) is 2.13. The minimum atomic E-state index is -0.236. The quantitative estimate of drug-likeness (QED) is 0.581. The molecular formula is C10H17N3O2S3. The zero-order valence-electron chi connectivity index (χ0n) is 10.6. The van der Waals surface area contributed by atoms with Crippen LogP contribution in [0.2, 0.25) is 0 Å². The Kier molecular flexibility index (Phi) is 7.64. The van der Waals surface area contributed by atoms with Crippen molar-refractivity contribution in [3.63, 3.8) is 0 Å². The first-order valence-corrected chi connectivity index (χ1v) is 8.55. The van der Waals surface area contributed by atoms with Crippen LogP contribution in [0.5, 0.6) is 0 Å². The lowest BCUT2D eigenvalue weighted by molar-refractivity contribution is -0.143. The lowest BCUT2D eigenvalue weighted by Gasteiger charge is -2.14. The largest absolute Gasteiger partial charge is 0.468 e. The molecular weight excluding hydrogens is 290 g/mol. The highest BCUT2D eigenvalue weighted by atomic mass is 32.2. The molecule has 0 aliphatic rings. The maximum absolute atomic E-state index is 11.5. The zero-order chi connectivity index (χ0) is 13.4. The van der Waals surface area contributed by atoms with Gasteiger partial charge >= 0.3 is 5.97 Å². The first-order valence-electron chi connectivity index (χ1n) is 5.52. The Bertz CT molecular complexity index is 373. The summed E-state index contributed by atoms with van der Waals surface area (Å²) in [6, 6.07) is -0.236. The molecule has 0 aliphatic carbocycles. The van der Waals surface area contributed by atoms with E-state index < -0.39 is 0 Å². The van der Waals surface area contributed by atoms with E-state index in [2.05, 4.69) is 15.5 Å². The van der Waals surface area contributed by atoms with Gasteiger partial charge in [-0.1, -0.05) is 41.8 Å². The molecule has 0 amide bonds. The van der Waals surface area contributed by atoms with Crippen LogP contribution in [0.3, 0.4) is 0 Å². The summed E-state index contributed by atoms with van der Waals surface area (Å²) in [5.41, 5.74) is 0. The van der Waals surface area contributed by atoms with Crippen molar-refractivity contribution >= 4 is 40.8 Å². The molecule has 1 atom stereocenters. The molecule has 0 aliphatic heterocycles. The van der Waals surface area contributed by atoms with Gasteiger partial charge in [0.05, 0.1) is 7.11 Å². The van der Waals surface area contributed by atoms with E-state index in [0.717, 1.165) is 27.4 Å². The molecule has 102 valence electrons. The SMILES string of the molecule is CCNC(CCSc1nnc(SC)s1)C(=O)OC. The van der Waals surface area contributed by atoms with Crippen molar-refractivity contribution < 1.29 is 9.53 Å². The number of nitrogens with one attached hydrogen (secondary N) is 1. The molecule has 1 aromatic heterocycles. The summed E-state index contributed by atoms with van der Waals surface area (Å²) >= 11 is 4.79. The Morgan fingerprint density at radius 3 is 2.78 bits per heavy atom. The number of hydrogen-bond donors (Lipinski definition) is 1. The maximum Gasteiger partial charge on any atom is 0.322 e. The van der Waals surface area contributed by atoms with Gasteiger partial charge in [0.2, 0.25) is 0 Å². The van der Waals surface area contributed by atoms with Crippen LogP contribution in [0.1, 0.15) is 13.3 Å². The van der Waals surface area contributed by atoms with Gasteiger partial charge in [-0.15, -0.1) is 10.2 Å². The first-order chi connectivity index (χ1) is 8.71. The van der Waals surface area contributed by atoms with Gasteiger partial charge in [0.25, 0.3) is 0 Å². The summed E-state index contributed by atoms with van der Waals surface area (Å²) < 4.78 is 6.66. The molecule has 1 N–H and O–H groups in total. The van der Waals surface area contributed by atoms with Crippen LogP contribution < -0.4 is 5.32 Å². The van der Waals surface area contributed by atoms with Crippen molar-refractivity contribution in [2.75, 3.05) is 25.7 Å². The molecule has 0 radical (unpaired) electrons. The second-order valence-corrected chi connectivity index (χ2v) is 6.68. The lowest BCUT2D eigenvalue weighted by atomic mass is 10.2. The number of rotatable bonds is 8. The van der Waals surface area contributed by atoms with Gasteiger partial charge in [-0.05, 0) is 19.2 Å². The van der Waals surface area contributed by atoms with E-state index in [9.17, 15) is 4.79 Å². The van der Waals surface area contributed by atoms with Crippen LogP contribution in [0, 0.1) is 0 Å². The number of carbonyl (C=O) groups excluding carboxylic acids is 1. The molecule has 0 spiro atoms. The number of likely N-dealkylation sites (N-methyl/N-ethyl adjacent to an activating group) is 1. The highest BCUT2D eigenvalue weighted by molar-refractivity contribution is 8.02. The molecule has 1 rings (SSSR count). The van der Waals surface area contributed by atoms with Crippen LogP contribution in [0.15, 0.2) is 8.68 Å². The highest BCUT2D eigenvalue weighted by Gasteiger charge is 2.17. The smallest absolute Gasteiger partial charge is 0.322 e. The van der Waals surface area contributed by atoms with Gasteiger partial charge in [0.15, 0.2) is 8.68 Å². The molecule has 1 heterocycles. The van der Waals surface area contributed by atoms with Crippen LogP contribution in [-0.2, 0) is 9.53 Å². The van der Waals surface area contributed by atoms with Crippen molar-refractivity contribution in [3.8, 4) is 0 Å². The van der Waals surface area contributed by atoms with E-state index in [-0.39, 0.29) is 12.0 Å². The second kappa shape index (κ2) is 8.73. The van der Waals surface area contributed by atoms with Crippen LogP contribution in [-0.4, -0.2) is 47.9 Å². The Morgan fingerprint density at radius 2 is 2.22 bits per heavy atom. The number of esters is 1. The third kappa shape index (κ3) is 5.13. The molecule has 8 heteroatoms. The van der Waals surface area contributed by atoms with Crippen LogP contribution in [0.25, 0.3) is 0 Å². The molecule has 5 nitrogen and oxygen atoms in total. The summed E-state index contributed by atoms with van der Waals surface area (Å²) in [5, 5.41) is 11.2. The highest BCUT2D eigenvalue weighted by Crippen LogP contribution is 2.27. The number of carbonyl (C=O) groups is 1. The molecule has 0 saturated heterocycles. The first kappa shape index (κ1) is 15.7. The minimum absolute atomic E-state index is 0.209. The average Bonchev–Trinajstić information content (AvgIpc) is 2.85. The molecule has 0 aromatic carbocycles. The van der Waals surface area contributed by atoms with Crippen molar-refractivity contribution in [1.82, 2.24) is 15.5 Å². The lowest BCUT2D eigenvalue weighted by Crippen LogP contribution is -2.37. The summed E-state index contributed by atoms with van der Waals surface area (Å²) in [5.74, 6) is 0.606. The molecule has 1 unspecified atom stereocenters. The van der Waals surface area contributed by atoms with Gasteiger partial charge in [0.1, 0.15) is 6.04 Å². The van der Waals surface area contributed by atoms with E-state index in [1.807, 2.05) is 13.2 Å². The van der Waals surface area contributed by atoms with Crippen LogP contribution >= 0.6 is 34.9 Å². The summed E-state index contributed by atoms with van der Waals surface area (Å²) in [4.78, 5) is 11.5. The van der Waals surface area contributed by atoms with Gasteiger partial charge in [-0.2, -0.15) is 0 Å². The van der Waals surface area contributed by atoms with Crippen molar-refractivity contribution in [1.29, 1.82) is 0 Å². The summed E-state index contributed by atoms with van der Waals surface area (Å²) in [7, 11) is 1.41. The molecule has 0 saturated carbocycles. The Hall–Kier alpha value is -0.310. The Balaban J connectivity index is 2.36. The average molecular weight is 307 g/mol. The van der Waals surface area contributed by atoms with E-state index in [4.69, 9.17) is 4.74 Å². The Morgan fingerprint density at radius 1 is 1.50 bits per heavy atom. The number of methoxy groups -OCH3 is 1. The normalized spacial score (nSPS) is 12.4. The van der Waals surface area contributed by atoms with Gasteiger partial charge < -0.3 is 10.1 Å². The fourth-order valence-corrected chi connectivity index (χ4v) is 3.81. The third-order valence-corrected chi connectivity index (χ3v) is 5.20. The maximum atomic E-state index is 11.5. The fraction of sp³-hybridized carbons (Fsp3) is 0.700. The minimum Gasteiger partial charge on any atom is -0.468 e. The van der Waals surface area contributed by atoms with E-state index >= 15 is 0 Å².